The lowest BCUT2D eigenvalue weighted by Crippen LogP contribution is -2.42. The minimum Gasteiger partial charge on any atom is -0.393 e. The molecule has 0 aliphatic carbocycles. The maximum Gasteiger partial charge on any atom is 0.318 e. The van der Waals surface area contributed by atoms with E-state index in [1.54, 1.807) is 0 Å². The molecule has 0 atom stereocenters. The Morgan fingerprint density at radius 1 is 1.00 bits per heavy atom. The molecule has 2 fully saturated rings. The van der Waals surface area contributed by atoms with Crippen LogP contribution in [0.25, 0.3) is 0 Å². The number of hydrogen-bond acceptors (Lipinski definition) is 5. The van der Waals surface area contributed by atoms with Crippen LogP contribution in [0.15, 0.2) is 0 Å². The van der Waals surface area contributed by atoms with Crippen molar-refractivity contribution >= 4 is 11.9 Å². The van der Waals surface area contributed by atoms with Crippen LogP contribution in [0.5, 0.6) is 0 Å². The summed E-state index contributed by atoms with van der Waals surface area (Å²) in [5, 5.41) is 0. The van der Waals surface area contributed by atoms with E-state index in [1.807, 2.05) is 0 Å². The van der Waals surface area contributed by atoms with Crippen LogP contribution >= 0.6 is 0 Å². The molecule has 66 valence electrons. The second-order valence-corrected chi connectivity index (χ2v) is 2.81. The van der Waals surface area contributed by atoms with Gasteiger partial charge in [-0.1, -0.05) is 0 Å². The number of ether oxygens (including phenoxy) is 3. The first-order valence-corrected chi connectivity index (χ1v) is 3.72. The van der Waals surface area contributed by atoms with E-state index in [9.17, 15) is 9.59 Å². The van der Waals surface area contributed by atoms with Crippen LogP contribution in [0.2, 0.25) is 0 Å². The van der Waals surface area contributed by atoms with Crippen molar-refractivity contribution in [2.75, 3.05) is 13.2 Å². The number of hydrogen-bond donors (Lipinski definition) is 0. The second kappa shape index (κ2) is 2.53. The monoisotopic (exact) mass is 172 g/mol. The van der Waals surface area contributed by atoms with Gasteiger partial charge in [-0.15, -0.1) is 0 Å². The summed E-state index contributed by atoms with van der Waals surface area (Å²) in [6, 6.07) is 0. The fourth-order valence-electron chi connectivity index (χ4n) is 1.40. The Morgan fingerprint density at radius 2 is 1.50 bits per heavy atom. The van der Waals surface area contributed by atoms with Gasteiger partial charge in [0.05, 0.1) is 13.2 Å². The van der Waals surface area contributed by atoms with E-state index in [2.05, 4.69) is 4.74 Å². The molecule has 2 aliphatic heterocycles. The average molecular weight is 172 g/mol. The van der Waals surface area contributed by atoms with Crippen LogP contribution in [0.3, 0.4) is 0 Å². The molecule has 12 heavy (non-hydrogen) atoms. The van der Waals surface area contributed by atoms with Gasteiger partial charge in [0.2, 0.25) is 0 Å². The van der Waals surface area contributed by atoms with Crippen molar-refractivity contribution in [2.45, 2.75) is 18.6 Å². The molecule has 0 saturated carbocycles. The summed E-state index contributed by atoms with van der Waals surface area (Å²) >= 11 is 0. The van der Waals surface area contributed by atoms with Crippen molar-refractivity contribution in [3.63, 3.8) is 0 Å². The van der Waals surface area contributed by atoms with Gasteiger partial charge in [-0.05, 0) is 0 Å². The van der Waals surface area contributed by atoms with E-state index >= 15 is 0 Å². The van der Waals surface area contributed by atoms with Gasteiger partial charge in [0, 0.05) is 0 Å². The Balaban J connectivity index is 2.14. The SMILES string of the molecule is O=C1CC2(CC(=O)O1)OCCO2. The highest BCUT2D eigenvalue weighted by molar-refractivity contribution is 5.89. The third-order valence-electron chi connectivity index (χ3n) is 1.87. The molecule has 2 aliphatic rings. The van der Waals surface area contributed by atoms with Crippen molar-refractivity contribution in [3.8, 4) is 0 Å². The molecular weight excluding hydrogens is 164 g/mol. The lowest BCUT2D eigenvalue weighted by atomic mass is 10.1. The van der Waals surface area contributed by atoms with Crippen molar-refractivity contribution in [1.82, 2.24) is 0 Å². The maximum absolute atomic E-state index is 10.8. The van der Waals surface area contributed by atoms with E-state index in [-0.39, 0.29) is 12.8 Å². The highest BCUT2D eigenvalue weighted by atomic mass is 16.7. The third-order valence-corrected chi connectivity index (χ3v) is 1.87. The average Bonchev–Trinajstić information content (AvgIpc) is 2.33. The molecule has 0 aromatic carbocycles. The zero-order valence-electron chi connectivity index (χ0n) is 6.37. The molecule has 5 heteroatoms. The van der Waals surface area contributed by atoms with E-state index < -0.39 is 17.7 Å². The fraction of sp³-hybridized carbons (Fsp3) is 0.714. The quantitative estimate of drug-likeness (QED) is 0.367. The Hall–Kier alpha value is -0.940. The molecule has 1 spiro atoms. The Bertz CT molecular complexity index is 210. The predicted octanol–water partition coefficient (Wildman–Crippen LogP) is -0.407. The van der Waals surface area contributed by atoms with Gasteiger partial charge in [0.25, 0.3) is 0 Å². The number of carbonyl (C=O) groups is 2. The summed E-state index contributed by atoms with van der Waals surface area (Å²) in [6.07, 6.45) is 0.0253. The smallest absolute Gasteiger partial charge is 0.318 e. The molecule has 0 aromatic rings. The van der Waals surface area contributed by atoms with Crippen LogP contribution in [0, 0.1) is 0 Å². The second-order valence-electron chi connectivity index (χ2n) is 2.81. The molecule has 0 aromatic heterocycles. The van der Waals surface area contributed by atoms with Gasteiger partial charge >= 0.3 is 11.9 Å². The van der Waals surface area contributed by atoms with Gasteiger partial charge in [-0.2, -0.15) is 0 Å². The van der Waals surface area contributed by atoms with Crippen LogP contribution in [0.4, 0.5) is 0 Å². The van der Waals surface area contributed by atoms with Crippen molar-refractivity contribution < 1.29 is 23.8 Å². The summed E-state index contributed by atoms with van der Waals surface area (Å²) in [7, 11) is 0. The van der Waals surface area contributed by atoms with Crippen LogP contribution in [-0.2, 0) is 23.8 Å². The Labute approximate surface area is 68.6 Å². The zero-order chi connectivity index (χ0) is 8.60. The lowest BCUT2D eigenvalue weighted by molar-refractivity contribution is -0.209. The molecule has 2 heterocycles. The summed E-state index contributed by atoms with van der Waals surface area (Å²) in [6.45, 7) is 0.862. The summed E-state index contributed by atoms with van der Waals surface area (Å²) in [4.78, 5) is 21.7. The Morgan fingerprint density at radius 3 is 2.00 bits per heavy atom. The van der Waals surface area contributed by atoms with Gasteiger partial charge in [-0.25, -0.2) is 0 Å². The molecule has 0 unspecified atom stereocenters. The largest absolute Gasteiger partial charge is 0.393 e. The summed E-state index contributed by atoms with van der Waals surface area (Å²) < 4.78 is 14.7. The molecule has 0 amide bonds. The first kappa shape index (κ1) is 7.70. The summed E-state index contributed by atoms with van der Waals surface area (Å²) in [5.41, 5.74) is 0. The van der Waals surface area contributed by atoms with Crippen LogP contribution in [0.1, 0.15) is 12.8 Å². The highest BCUT2D eigenvalue weighted by Crippen LogP contribution is 2.31. The molecule has 2 saturated heterocycles. The minimum absolute atomic E-state index is 0.0126. The molecule has 0 bridgehead atoms. The topological polar surface area (TPSA) is 61.8 Å². The van der Waals surface area contributed by atoms with Crippen LogP contribution < -0.4 is 0 Å². The van der Waals surface area contributed by atoms with Crippen molar-refractivity contribution in [2.24, 2.45) is 0 Å². The van der Waals surface area contributed by atoms with E-state index in [0.29, 0.717) is 13.2 Å². The minimum atomic E-state index is -1.01. The van der Waals surface area contributed by atoms with Crippen LogP contribution in [-0.4, -0.2) is 30.9 Å². The van der Waals surface area contributed by atoms with Gasteiger partial charge in [0.1, 0.15) is 12.8 Å². The van der Waals surface area contributed by atoms with Crippen molar-refractivity contribution in [3.05, 3.63) is 0 Å². The maximum atomic E-state index is 10.8. The molecule has 2 rings (SSSR count). The molecular formula is C7H8O5. The first-order valence-electron chi connectivity index (χ1n) is 3.72. The Kier molecular flexibility index (Phi) is 1.62. The standard InChI is InChI=1S/C7H8O5/c8-5-3-7(4-6(9)12-5)10-1-2-11-7/h1-4H2. The first-order chi connectivity index (χ1) is 5.70. The number of rotatable bonds is 0. The van der Waals surface area contributed by atoms with E-state index in [0.717, 1.165) is 0 Å². The third kappa shape index (κ3) is 1.21. The van der Waals surface area contributed by atoms with Crippen molar-refractivity contribution in [1.29, 1.82) is 0 Å². The molecule has 0 N–H and O–H groups in total. The van der Waals surface area contributed by atoms with E-state index in [4.69, 9.17) is 9.47 Å². The zero-order valence-corrected chi connectivity index (χ0v) is 6.37. The number of carbonyl (C=O) groups excluding carboxylic acids is 2. The predicted molar refractivity (Wildman–Crippen MR) is 35.0 cm³/mol. The normalized spacial score (nSPS) is 27.7. The van der Waals surface area contributed by atoms with Gasteiger partial charge < -0.3 is 14.2 Å². The van der Waals surface area contributed by atoms with E-state index in [1.165, 1.54) is 0 Å². The molecule has 5 nitrogen and oxygen atoms in total. The lowest BCUT2D eigenvalue weighted by Gasteiger charge is -2.28. The highest BCUT2D eigenvalue weighted by Gasteiger charge is 2.46. The van der Waals surface area contributed by atoms with Gasteiger partial charge in [-0.3, -0.25) is 9.59 Å². The summed E-state index contributed by atoms with van der Waals surface area (Å²) in [5.74, 6) is -2.16. The molecule has 0 radical (unpaired) electrons. The fourth-order valence-corrected chi connectivity index (χ4v) is 1.40. The number of esters is 2. The van der Waals surface area contributed by atoms with Gasteiger partial charge in [0.15, 0.2) is 5.79 Å². The number of cyclic esters (lactones) is 2.